The summed E-state index contributed by atoms with van der Waals surface area (Å²) in [5, 5.41) is 27.1. The van der Waals surface area contributed by atoms with E-state index in [9.17, 15) is 18.7 Å². The van der Waals surface area contributed by atoms with Crippen molar-refractivity contribution >= 4 is 5.91 Å². The molecular formula is C15H23F2N5O3. The molecule has 1 aromatic heterocycles. The first-order valence-electron chi connectivity index (χ1n) is 8.39. The Labute approximate surface area is 144 Å². The Kier molecular flexibility index (Phi) is 5.03. The number of aliphatic hydroxyl groups excluding tert-OH is 1. The van der Waals surface area contributed by atoms with Crippen LogP contribution in [-0.4, -0.2) is 85.2 Å². The lowest BCUT2D eigenvalue weighted by atomic mass is 10.00. The molecule has 0 unspecified atom stereocenters. The second-order valence-electron chi connectivity index (χ2n) is 6.99. The summed E-state index contributed by atoms with van der Waals surface area (Å²) in [6, 6.07) is 0. The first-order chi connectivity index (χ1) is 11.8. The normalized spacial score (nSPS) is 27.0. The quantitative estimate of drug-likeness (QED) is 0.734. The average Bonchev–Trinajstić information content (AvgIpc) is 3.16. The summed E-state index contributed by atoms with van der Waals surface area (Å²) in [5.41, 5.74) is -0.686. The van der Waals surface area contributed by atoms with Crippen LogP contribution in [0.1, 0.15) is 25.0 Å². The minimum absolute atomic E-state index is 0.0149. The van der Waals surface area contributed by atoms with Gasteiger partial charge in [-0.2, -0.15) is 0 Å². The van der Waals surface area contributed by atoms with Crippen LogP contribution in [-0.2, 0) is 17.9 Å². The van der Waals surface area contributed by atoms with Crippen molar-refractivity contribution in [1.29, 1.82) is 0 Å². The average molecular weight is 359 g/mol. The lowest BCUT2D eigenvalue weighted by Crippen LogP contribution is -2.49. The van der Waals surface area contributed by atoms with E-state index in [2.05, 4.69) is 10.3 Å². The number of β-amino-alcohol motifs (C(OH)–C–C–N with tert-alkyl or cyclic N) is 1. The fraction of sp³-hybridized carbons (Fsp3) is 0.800. The van der Waals surface area contributed by atoms with Crippen molar-refractivity contribution in [2.45, 2.75) is 43.9 Å². The van der Waals surface area contributed by atoms with Crippen molar-refractivity contribution in [3.63, 3.8) is 0 Å². The van der Waals surface area contributed by atoms with Gasteiger partial charge in [0.05, 0.1) is 24.9 Å². The number of aromatic nitrogens is 3. The van der Waals surface area contributed by atoms with Crippen LogP contribution in [0.3, 0.4) is 0 Å². The number of alkyl halides is 2. The monoisotopic (exact) mass is 359 g/mol. The van der Waals surface area contributed by atoms with E-state index < -0.39 is 11.5 Å². The first kappa shape index (κ1) is 18.2. The molecule has 1 amide bonds. The van der Waals surface area contributed by atoms with E-state index in [1.54, 1.807) is 4.90 Å². The smallest absolute Gasteiger partial charge is 0.250 e. The summed E-state index contributed by atoms with van der Waals surface area (Å²) in [4.78, 5) is 15.7. The van der Waals surface area contributed by atoms with Gasteiger partial charge in [-0.05, 0) is 6.42 Å². The number of amides is 1. The largest absolute Gasteiger partial charge is 0.390 e. The van der Waals surface area contributed by atoms with Crippen molar-refractivity contribution in [1.82, 2.24) is 24.8 Å². The third-order valence-corrected chi connectivity index (χ3v) is 4.84. The Balaban J connectivity index is 1.50. The Morgan fingerprint density at radius 3 is 2.60 bits per heavy atom. The number of carbonyl (C=O) groups is 1. The molecule has 0 bridgehead atoms. The van der Waals surface area contributed by atoms with Crippen LogP contribution in [0.25, 0.3) is 0 Å². The Bertz CT molecular complexity index is 616. The summed E-state index contributed by atoms with van der Waals surface area (Å²) in [6.07, 6.45) is 1.54. The van der Waals surface area contributed by atoms with Gasteiger partial charge in [0, 0.05) is 39.0 Å². The Morgan fingerprint density at radius 1 is 1.24 bits per heavy atom. The van der Waals surface area contributed by atoms with E-state index >= 15 is 0 Å². The SMILES string of the molecule is O=C(Cn1cc(CO)nn1)N1CC[C@](O)(CN2CCC(F)(F)CC2)C1. The van der Waals surface area contributed by atoms with Gasteiger partial charge < -0.3 is 15.1 Å². The molecule has 2 saturated heterocycles. The second-order valence-corrected chi connectivity index (χ2v) is 6.99. The highest BCUT2D eigenvalue weighted by Gasteiger charge is 2.42. The lowest BCUT2D eigenvalue weighted by molar-refractivity contribution is -0.132. The molecular weight excluding hydrogens is 336 g/mol. The van der Waals surface area contributed by atoms with E-state index in [4.69, 9.17) is 5.11 Å². The maximum atomic E-state index is 13.2. The molecule has 25 heavy (non-hydrogen) atoms. The van der Waals surface area contributed by atoms with Gasteiger partial charge in [-0.15, -0.1) is 5.10 Å². The number of hydrogen-bond donors (Lipinski definition) is 2. The number of likely N-dealkylation sites (tertiary alicyclic amines) is 2. The molecule has 3 rings (SSSR count). The van der Waals surface area contributed by atoms with Crippen molar-refractivity contribution < 1.29 is 23.8 Å². The minimum Gasteiger partial charge on any atom is -0.390 e. The highest BCUT2D eigenvalue weighted by atomic mass is 19.3. The molecule has 2 aliphatic heterocycles. The van der Waals surface area contributed by atoms with Crippen molar-refractivity contribution in [3.05, 3.63) is 11.9 Å². The number of piperidine rings is 1. The van der Waals surface area contributed by atoms with Gasteiger partial charge in [-0.3, -0.25) is 9.69 Å². The van der Waals surface area contributed by atoms with E-state index in [-0.39, 0.29) is 51.5 Å². The van der Waals surface area contributed by atoms with Crippen LogP contribution in [0.4, 0.5) is 8.78 Å². The summed E-state index contributed by atoms with van der Waals surface area (Å²) >= 11 is 0. The molecule has 3 heterocycles. The van der Waals surface area contributed by atoms with Gasteiger partial charge in [-0.1, -0.05) is 5.21 Å². The minimum atomic E-state index is -2.61. The molecule has 0 radical (unpaired) electrons. The standard InChI is InChI=1S/C15H23F2N5O3/c16-15(17)2-4-20(5-3-15)10-14(25)1-6-21(11-14)13(24)8-22-7-12(9-23)18-19-22/h7,23,25H,1-6,8-11H2/t14-/m0/s1. The fourth-order valence-electron chi connectivity index (χ4n) is 3.38. The fourth-order valence-corrected chi connectivity index (χ4v) is 3.38. The number of rotatable bonds is 5. The lowest BCUT2D eigenvalue weighted by Gasteiger charge is -2.36. The Hall–Kier alpha value is -1.65. The van der Waals surface area contributed by atoms with Crippen LogP contribution < -0.4 is 0 Å². The second kappa shape index (κ2) is 6.93. The maximum absolute atomic E-state index is 13.2. The van der Waals surface area contributed by atoms with Crippen molar-refractivity contribution in [3.8, 4) is 0 Å². The van der Waals surface area contributed by atoms with Crippen molar-refractivity contribution in [2.24, 2.45) is 0 Å². The summed E-state index contributed by atoms with van der Waals surface area (Å²) in [7, 11) is 0. The third kappa shape index (κ3) is 4.50. The predicted molar refractivity (Wildman–Crippen MR) is 82.7 cm³/mol. The highest BCUT2D eigenvalue weighted by Crippen LogP contribution is 2.30. The molecule has 2 aliphatic rings. The molecule has 1 atom stereocenters. The molecule has 0 aliphatic carbocycles. The van der Waals surface area contributed by atoms with Crippen molar-refractivity contribution in [2.75, 3.05) is 32.7 Å². The predicted octanol–water partition coefficient (Wildman–Crippen LogP) is -0.535. The van der Waals surface area contributed by atoms with Gasteiger partial charge in [-0.25, -0.2) is 13.5 Å². The molecule has 8 nitrogen and oxygen atoms in total. The van der Waals surface area contributed by atoms with Crippen LogP contribution in [0.15, 0.2) is 6.20 Å². The van der Waals surface area contributed by atoms with Crippen LogP contribution in [0.5, 0.6) is 0 Å². The van der Waals surface area contributed by atoms with Gasteiger partial charge in [0.1, 0.15) is 12.2 Å². The summed E-state index contributed by atoms with van der Waals surface area (Å²) in [5.74, 6) is -2.81. The third-order valence-electron chi connectivity index (χ3n) is 4.84. The van der Waals surface area contributed by atoms with E-state index in [1.165, 1.54) is 10.9 Å². The number of carbonyl (C=O) groups excluding carboxylic acids is 1. The van der Waals surface area contributed by atoms with Gasteiger partial charge in [0.2, 0.25) is 5.91 Å². The van der Waals surface area contributed by atoms with Gasteiger partial charge in [0.25, 0.3) is 5.92 Å². The number of nitrogens with zero attached hydrogens (tertiary/aromatic N) is 5. The number of aliphatic hydroxyl groups is 2. The van der Waals surface area contributed by atoms with Gasteiger partial charge >= 0.3 is 0 Å². The zero-order valence-corrected chi connectivity index (χ0v) is 13.9. The molecule has 2 fully saturated rings. The summed E-state index contributed by atoms with van der Waals surface area (Å²) in [6.45, 7) is 1.15. The highest BCUT2D eigenvalue weighted by molar-refractivity contribution is 5.76. The van der Waals surface area contributed by atoms with E-state index in [1.807, 2.05) is 4.90 Å². The zero-order chi connectivity index (χ0) is 18.1. The molecule has 10 heteroatoms. The molecule has 0 saturated carbocycles. The topological polar surface area (TPSA) is 94.7 Å². The molecule has 140 valence electrons. The number of halogens is 2. The van der Waals surface area contributed by atoms with Crippen LogP contribution in [0.2, 0.25) is 0 Å². The molecule has 1 aromatic rings. The van der Waals surface area contributed by atoms with Crippen LogP contribution >= 0.6 is 0 Å². The van der Waals surface area contributed by atoms with E-state index in [0.717, 1.165) is 0 Å². The maximum Gasteiger partial charge on any atom is 0.250 e. The first-order valence-corrected chi connectivity index (χ1v) is 8.39. The van der Waals surface area contributed by atoms with Crippen LogP contribution in [0, 0.1) is 0 Å². The molecule has 0 aromatic carbocycles. The molecule has 0 spiro atoms. The zero-order valence-electron chi connectivity index (χ0n) is 13.9. The van der Waals surface area contributed by atoms with E-state index in [0.29, 0.717) is 25.2 Å². The van der Waals surface area contributed by atoms with Gasteiger partial charge in [0.15, 0.2) is 0 Å². The molecule has 2 N–H and O–H groups in total. The Morgan fingerprint density at radius 2 is 1.96 bits per heavy atom. The summed E-state index contributed by atoms with van der Waals surface area (Å²) < 4.78 is 27.8. The number of hydrogen-bond acceptors (Lipinski definition) is 6.